The van der Waals surface area contributed by atoms with Crippen molar-refractivity contribution in [2.75, 3.05) is 33.4 Å². The van der Waals surface area contributed by atoms with Gasteiger partial charge in [-0.2, -0.15) is 0 Å². The van der Waals surface area contributed by atoms with E-state index in [4.69, 9.17) is 4.74 Å². The highest BCUT2D eigenvalue weighted by atomic mass is 16.5. The van der Waals surface area contributed by atoms with Crippen LogP contribution in [0.2, 0.25) is 0 Å². The van der Waals surface area contributed by atoms with Gasteiger partial charge in [0.15, 0.2) is 0 Å². The second-order valence-corrected chi connectivity index (χ2v) is 4.55. The summed E-state index contributed by atoms with van der Waals surface area (Å²) in [5.74, 6) is 0.664. The monoisotopic (exact) mass is 212 g/mol. The van der Waals surface area contributed by atoms with Crippen molar-refractivity contribution in [1.29, 1.82) is 0 Å². The molecule has 0 aromatic carbocycles. The highest BCUT2D eigenvalue weighted by Crippen LogP contribution is 2.30. The number of carbonyl (C=O) groups is 1. The minimum absolute atomic E-state index is 0.326. The van der Waals surface area contributed by atoms with Gasteiger partial charge in [-0.1, -0.05) is 0 Å². The zero-order valence-corrected chi connectivity index (χ0v) is 9.37. The Morgan fingerprint density at radius 1 is 1.53 bits per heavy atom. The van der Waals surface area contributed by atoms with Gasteiger partial charge in [0.2, 0.25) is 5.91 Å². The average molecular weight is 212 g/mol. The minimum Gasteiger partial charge on any atom is -0.379 e. The molecular formula is C11H20N2O2. The molecular weight excluding hydrogens is 192 g/mol. The molecule has 0 aromatic rings. The molecule has 2 fully saturated rings. The van der Waals surface area contributed by atoms with Crippen molar-refractivity contribution in [2.45, 2.75) is 25.3 Å². The summed E-state index contributed by atoms with van der Waals surface area (Å²) in [7, 11) is 1.91. The van der Waals surface area contributed by atoms with Crippen LogP contribution in [0.15, 0.2) is 0 Å². The van der Waals surface area contributed by atoms with Gasteiger partial charge >= 0.3 is 0 Å². The van der Waals surface area contributed by atoms with Gasteiger partial charge in [-0.3, -0.25) is 4.79 Å². The third-order valence-electron chi connectivity index (χ3n) is 3.11. The predicted molar refractivity (Wildman–Crippen MR) is 57.6 cm³/mol. The van der Waals surface area contributed by atoms with Crippen LogP contribution in [0.1, 0.15) is 19.3 Å². The lowest BCUT2D eigenvalue weighted by Crippen LogP contribution is -2.43. The second-order valence-electron chi connectivity index (χ2n) is 4.55. The molecule has 1 N–H and O–H groups in total. The summed E-state index contributed by atoms with van der Waals surface area (Å²) in [6, 6.07) is 0.424. The topological polar surface area (TPSA) is 41.6 Å². The number of rotatable bonds is 4. The smallest absolute Gasteiger partial charge is 0.225 e. The average Bonchev–Trinajstić information content (AvgIpc) is 3.10. The molecule has 1 unspecified atom stereocenters. The van der Waals surface area contributed by atoms with E-state index in [0.717, 1.165) is 45.6 Å². The Morgan fingerprint density at radius 2 is 2.33 bits per heavy atom. The van der Waals surface area contributed by atoms with E-state index >= 15 is 0 Å². The van der Waals surface area contributed by atoms with E-state index in [1.165, 1.54) is 0 Å². The molecule has 15 heavy (non-hydrogen) atoms. The molecule has 0 aromatic heterocycles. The van der Waals surface area contributed by atoms with Gasteiger partial charge in [-0.05, 0) is 19.3 Å². The van der Waals surface area contributed by atoms with Crippen LogP contribution in [0, 0.1) is 5.92 Å². The van der Waals surface area contributed by atoms with Gasteiger partial charge < -0.3 is 15.0 Å². The number of hydrogen-bond donors (Lipinski definition) is 1. The van der Waals surface area contributed by atoms with E-state index in [1.54, 1.807) is 0 Å². The van der Waals surface area contributed by atoms with Crippen molar-refractivity contribution in [3.8, 4) is 0 Å². The molecule has 0 bridgehead atoms. The molecule has 1 saturated heterocycles. The number of ether oxygens (including phenoxy) is 1. The molecule has 1 saturated carbocycles. The standard InChI is InChI=1S/C11H20N2O2/c1-13(11(14)9-2-3-9)6-4-10-8-15-7-5-12-10/h9-10,12H,2-8H2,1H3. The maximum atomic E-state index is 11.7. The number of morpholine rings is 1. The highest BCUT2D eigenvalue weighted by molar-refractivity contribution is 5.80. The van der Waals surface area contributed by atoms with Crippen LogP contribution in [0.4, 0.5) is 0 Å². The first-order valence-electron chi connectivity index (χ1n) is 5.83. The Morgan fingerprint density at radius 3 is 2.93 bits per heavy atom. The molecule has 2 aliphatic rings. The zero-order valence-electron chi connectivity index (χ0n) is 9.37. The summed E-state index contributed by atoms with van der Waals surface area (Å²) in [6.45, 7) is 3.38. The van der Waals surface area contributed by atoms with Crippen LogP contribution in [0.25, 0.3) is 0 Å². The number of carbonyl (C=O) groups excluding carboxylic acids is 1. The van der Waals surface area contributed by atoms with Crippen molar-refractivity contribution >= 4 is 5.91 Å². The summed E-state index contributed by atoms with van der Waals surface area (Å²) in [6.07, 6.45) is 3.18. The quantitative estimate of drug-likeness (QED) is 0.725. The molecule has 86 valence electrons. The minimum atomic E-state index is 0.326. The predicted octanol–water partition coefficient (Wildman–Crippen LogP) is 0.233. The Hall–Kier alpha value is -0.610. The van der Waals surface area contributed by atoms with Crippen molar-refractivity contribution in [1.82, 2.24) is 10.2 Å². The van der Waals surface area contributed by atoms with Crippen LogP contribution in [0.3, 0.4) is 0 Å². The number of nitrogens with zero attached hydrogens (tertiary/aromatic N) is 1. The van der Waals surface area contributed by atoms with Crippen LogP contribution in [-0.2, 0) is 9.53 Å². The largest absolute Gasteiger partial charge is 0.379 e. The molecule has 1 atom stereocenters. The van der Waals surface area contributed by atoms with Crippen LogP contribution < -0.4 is 5.32 Å². The van der Waals surface area contributed by atoms with Crippen molar-refractivity contribution in [3.63, 3.8) is 0 Å². The third-order valence-corrected chi connectivity index (χ3v) is 3.11. The number of amides is 1. The maximum Gasteiger partial charge on any atom is 0.225 e. The lowest BCUT2D eigenvalue weighted by Gasteiger charge is -2.26. The highest BCUT2D eigenvalue weighted by Gasteiger charge is 2.31. The first-order chi connectivity index (χ1) is 7.27. The summed E-state index contributed by atoms with van der Waals surface area (Å²) in [5.41, 5.74) is 0. The summed E-state index contributed by atoms with van der Waals surface area (Å²) < 4.78 is 5.37. The Labute approximate surface area is 91.0 Å². The summed E-state index contributed by atoms with van der Waals surface area (Å²) in [5, 5.41) is 3.40. The molecule has 4 nitrogen and oxygen atoms in total. The normalized spacial score (nSPS) is 26.3. The van der Waals surface area contributed by atoms with E-state index in [0.29, 0.717) is 17.9 Å². The van der Waals surface area contributed by atoms with Gasteiger partial charge in [0, 0.05) is 32.1 Å². The van der Waals surface area contributed by atoms with Crippen LogP contribution in [0.5, 0.6) is 0 Å². The van der Waals surface area contributed by atoms with Gasteiger partial charge in [0.1, 0.15) is 0 Å². The molecule has 0 spiro atoms. The Bertz CT molecular complexity index is 223. The first kappa shape index (κ1) is 10.9. The van der Waals surface area contributed by atoms with Gasteiger partial charge in [-0.25, -0.2) is 0 Å². The van der Waals surface area contributed by atoms with E-state index in [2.05, 4.69) is 5.32 Å². The molecule has 1 aliphatic heterocycles. The molecule has 4 heteroatoms. The lowest BCUT2D eigenvalue weighted by molar-refractivity contribution is -0.131. The van der Waals surface area contributed by atoms with Crippen molar-refractivity contribution in [2.24, 2.45) is 5.92 Å². The second kappa shape index (κ2) is 4.94. The Balaban J connectivity index is 1.65. The third kappa shape index (κ3) is 3.18. The molecule has 1 aliphatic carbocycles. The van der Waals surface area contributed by atoms with E-state index in [9.17, 15) is 4.79 Å². The maximum absolute atomic E-state index is 11.7. The van der Waals surface area contributed by atoms with E-state index < -0.39 is 0 Å². The molecule has 1 heterocycles. The summed E-state index contributed by atoms with van der Waals surface area (Å²) >= 11 is 0. The van der Waals surface area contributed by atoms with Crippen LogP contribution >= 0.6 is 0 Å². The lowest BCUT2D eigenvalue weighted by atomic mass is 10.2. The zero-order chi connectivity index (χ0) is 10.7. The van der Waals surface area contributed by atoms with E-state index in [1.807, 2.05) is 11.9 Å². The van der Waals surface area contributed by atoms with Gasteiger partial charge in [-0.15, -0.1) is 0 Å². The van der Waals surface area contributed by atoms with Crippen molar-refractivity contribution in [3.05, 3.63) is 0 Å². The van der Waals surface area contributed by atoms with Crippen LogP contribution in [-0.4, -0.2) is 50.2 Å². The van der Waals surface area contributed by atoms with Gasteiger partial charge in [0.25, 0.3) is 0 Å². The molecule has 1 amide bonds. The number of nitrogens with one attached hydrogen (secondary N) is 1. The first-order valence-corrected chi connectivity index (χ1v) is 5.83. The molecule has 0 radical (unpaired) electrons. The van der Waals surface area contributed by atoms with E-state index in [-0.39, 0.29) is 0 Å². The fourth-order valence-electron chi connectivity index (χ4n) is 1.91. The van der Waals surface area contributed by atoms with Gasteiger partial charge in [0.05, 0.1) is 13.2 Å². The Kier molecular flexibility index (Phi) is 3.59. The summed E-state index contributed by atoms with van der Waals surface area (Å²) in [4.78, 5) is 13.5. The molecule has 2 rings (SSSR count). The fourth-order valence-corrected chi connectivity index (χ4v) is 1.91. The SMILES string of the molecule is CN(CCC1COCCN1)C(=O)C1CC1. The number of hydrogen-bond acceptors (Lipinski definition) is 3. The fraction of sp³-hybridized carbons (Fsp3) is 0.909. The van der Waals surface area contributed by atoms with Crippen molar-refractivity contribution < 1.29 is 9.53 Å².